The van der Waals surface area contributed by atoms with Crippen LogP contribution in [-0.4, -0.2) is 23.8 Å². The normalized spacial score (nSPS) is 13.7. The van der Waals surface area contributed by atoms with E-state index in [1.807, 2.05) is 0 Å². The molecule has 144 valence electrons. The van der Waals surface area contributed by atoms with Gasteiger partial charge in [0.15, 0.2) is 5.76 Å². The summed E-state index contributed by atoms with van der Waals surface area (Å²) in [4.78, 5) is 28.7. The van der Waals surface area contributed by atoms with Crippen LogP contribution < -0.4 is 14.2 Å². The lowest BCUT2D eigenvalue weighted by Crippen LogP contribution is -2.11. The van der Waals surface area contributed by atoms with Crippen LogP contribution in [0.4, 0.5) is 0 Å². The summed E-state index contributed by atoms with van der Waals surface area (Å²) in [6.07, 6.45) is 5.05. The Morgan fingerprint density at radius 1 is 1.03 bits per heavy atom. The van der Waals surface area contributed by atoms with Crippen LogP contribution in [0.25, 0.3) is 6.08 Å². The zero-order valence-corrected chi connectivity index (χ0v) is 15.6. The van der Waals surface area contributed by atoms with Crippen LogP contribution in [-0.2, 0) is 11.2 Å². The molecule has 4 rings (SSSR count). The van der Waals surface area contributed by atoms with Crippen molar-refractivity contribution < 1.29 is 23.8 Å². The molecule has 0 amide bonds. The Balaban J connectivity index is 1.45. The Kier molecular flexibility index (Phi) is 5.07. The monoisotopic (exact) mass is 387 g/mol. The number of fused-ring (bicyclic) bond motifs is 1. The summed E-state index contributed by atoms with van der Waals surface area (Å²) in [5.41, 5.74) is 2.05. The third kappa shape index (κ3) is 4.16. The van der Waals surface area contributed by atoms with Crippen molar-refractivity contribution in [2.24, 2.45) is 0 Å². The summed E-state index contributed by atoms with van der Waals surface area (Å²) >= 11 is 0. The van der Waals surface area contributed by atoms with Gasteiger partial charge in [0.05, 0.1) is 19.1 Å². The maximum absolute atomic E-state index is 12.5. The van der Waals surface area contributed by atoms with Gasteiger partial charge < -0.3 is 14.2 Å². The van der Waals surface area contributed by atoms with Crippen molar-refractivity contribution in [3.63, 3.8) is 0 Å². The number of aromatic nitrogens is 1. The number of Topliss-reactive ketones (excluding diaryl/α,β-unsaturated/α-hetero) is 1. The van der Waals surface area contributed by atoms with Gasteiger partial charge in [0.1, 0.15) is 17.2 Å². The van der Waals surface area contributed by atoms with Gasteiger partial charge in [0.25, 0.3) is 0 Å². The van der Waals surface area contributed by atoms with Crippen LogP contribution in [0.5, 0.6) is 17.2 Å². The maximum Gasteiger partial charge on any atom is 0.315 e. The summed E-state index contributed by atoms with van der Waals surface area (Å²) in [7, 11) is 1.58. The van der Waals surface area contributed by atoms with Gasteiger partial charge in [-0.25, -0.2) is 0 Å². The average molecular weight is 387 g/mol. The highest BCUT2D eigenvalue weighted by atomic mass is 16.5. The third-order valence-electron chi connectivity index (χ3n) is 4.38. The van der Waals surface area contributed by atoms with Gasteiger partial charge in [-0.2, -0.15) is 0 Å². The number of methoxy groups -OCH3 is 1. The van der Waals surface area contributed by atoms with Crippen molar-refractivity contribution in [2.45, 2.75) is 6.42 Å². The fourth-order valence-corrected chi connectivity index (χ4v) is 2.92. The van der Waals surface area contributed by atoms with Crippen molar-refractivity contribution in [3.8, 4) is 17.2 Å². The Morgan fingerprint density at radius 3 is 2.48 bits per heavy atom. The molecule has 1 aromatic heterocycles. The number of carbonyl (C=O) groups excluding carboxylic acids is 2. The van der Waals surface area contributed by atoms with E-state index in [0.29, 0.717) is 17.1 Å². The number of esters is 1. The molecule has 2 heterocycles. The highest BCUT2D eigenvalue weighted by Crippen LogP contribution is 2.35. The smallest absolute Gasteiger partial charge is 0.315 e. The van der Waals surface area contributed by atoms with Gasteiger partial charge in [-0.3, -0.25) is 14.6 Å². The van der Waals surface area contributed by atoms with Crippen LogP contribution >= 0.6 is 0 Å². The molecule has 3 aromatic rings. The molecule has 6 nitrogen and oxygen atoms in total. The fraction of sp³-hybridized carbons (Fsp3) is 0.0870. The second kappa shape index (κ2) is 7.98. The number of ketones is 1. The van der Waals surface area contributed by atoms with E-state index in [4.69, 9.17) is 14.2 Å². The molecular formula is C23H17NO5. The SMILES string of the molecule is COc1ccc(CC(=O)Oc2ccc3c(c2)O/C(=C\c2ccncc2)C3=O)cc1. The molecule has 0 saturated carbocycles. The summed E-state index contributed by atoms with van der Waals surface area (Å²) in [6, 6.07) is 15.5. The van der Waals surface area contributed by atoms with Gasteiger partial charge in [-0.05, 0) is 53.6 Å². The zero-order valence-electron chi connectivity index (χ0n) is 15.6. The lowest BCUT2D eigenvalue weighted by atomic mass is 10.1. The molecule has 0 atom stereocenters. The van der Waals surface area contributed by atoms with E-state index < -0.39 is 5.97 Å². The minimum Gasteiger partial charge on any atom is -0.497 e. The van der Waals surface area contributed by atoms with Gasteiger partial charge in [0, 0.05) is 18.5 Å². The Morgan fingerprint density at radius 2 is 1.76 bits per heavy atom. The number of allylic oxidation sites excluding steroid dienone is 1. The molecule has 1 aliphatic rings. The molecule has 6 heteroatoms. The number of hydrogen-bond acceptors (Lipinski definition) is 6. The summed E-state index contributed by atoms with van der Waals surface area (Å²) in [5, 5.41) is 0. The van der Waals surface area contributed by atoms with Crippen molar-refractivity contribution >= 4 is 17.8 Å². The van der Waals surface area contributed by atoms with Gasteiger partial charge >= 0.3 is 5.97 Å². The van der Waals surface area contributed by atoms with E-state index >= 15 is 0 Å². The largest absolute Gasteiger partial charge is 0.497 e. The first-order valence-electron chi connectivity index (χ1n) is 8.94. The first-order valence-corrected chi connectivity index (χ1v) is 8.94. The summed E-state index contributed by atoms with van der Waals surface area (Å²) < 4.78 is 16.2. The van der Waals surface area contributed by atoms with Crippen LogP contribution in [0, 0.1) is 0 Å². The zero-order chi connectivity index (χ0) is 20.2. The second-order valence-corrected chi connectivity index (χ2v) is 6.38. The van der Waals surface area contributed by atoms with Crippen molar-refractivity contribution in [2.75, 3.05) is 7.11 Å². The minimum absolute atomic E-state index is 0.119. The molecule has 0 unspecified atom stereocenters. The maximum atomic E-state index is 12.5. The molecule has 0 aliphatic carbocycles. The Bertz CT molecular complexity index is 1090. The van der Waals surface area contributed by atoms with Crippen molar-refractivity contribution in [1.82, 2.24) is 4.98 Å². The standard InChI is InChI=1S/C23H17NO5/c1-27-17-4-2-15(3-5-17)13-22(25)28-18-6-7-19-20(14-18)29-21(23(19)26)12-16-8-10-24-11-9-16/h2-12,14H,13H2,1H3/b21-12-. The van der Waals surface area contributed by atoms with Crippen LogP contribution in [0.15, 0.2) is 72.8 Å². The number of hydrogen-bond donors (Lipinski definition) is 0. The number of benzene rings is 2. The van der Waals surface area contributed by atoms with E-state index in [-0.39, 0.29) is 18.0 Å². The predicted molar refractivity (Wildman–Crippen MR) is 106 cm³/mol. The highest BCUT2D eigenvalue weighted by molar-refractivity contribution is 6.14. The first kappa shape index (κ1) is 18.4. The lowest BCUT2D eigenvalue weighted by Gasteiger charge is -2.06. The highest BCUT2D eigenvalue weighted by Gasteiger charge is 2.28. The molecule has 1 aliphatic heterocycles. The van der Waals surface area contributed by atoms with E-state index in [1.165, 1.54) is 0 Å². The summed E-state index contributed by atoms with van der Waals surface area (Å²) in [5.74, 6) is 0.997. The number of pyridine rings is 1. The van der Waals surface area contributed by atoms with Crippen LogP contribution in [0.3, 0.4) is 0 Å². The summed E-state index contributed by atoms with van der Waals surface area (Å²) in [6.45, 7) is 0. The van der Waals surface area contributed by atoms with E-state index in [0.717, 1.165) is 16.9 Å². The Labute approximate surface area is 167 Å². The van der Waals surface area contributed by atoms with Crippen molar-refractivity contribution in [1.29, 1.82) is 0 Å². The molecule has 0 radical (unpaired) electrons. The molecule has 0 fully saturated rings. The molecule has 29 heavy (non-hydrogen) atoms. The molecule has 2 aromatic carbocycles. The minimum atomic E-state index is -0.410. The second-order valence-electron chi connectivity index (χ2n) is 6.38. The molecule has 0 bridgehead atoms. The number of ether oxygens (including phenoxy) is 3. The van der Waals surface area contributed by atoms with E-state index in [9.17, 15) is 9.59 Å². The van der Waals surface area contributed by atoms with Crippen molar-refractivity contribution in [3.05, 3.63) is 89.4 Å². The van der Waals surface area contributed by atoms with E-state index in [1.54, 1.807) is 80.2 Å². The lowest BCUT2D eigenvalue weighted by molar-refractivity contribution is -0.133. The van der Waals surface area contributed by atoms with Crippen LogP contribution in [0.2, 0.25) is 0 Å². The average Bonchev–Trinajstić information content (AvgIpc) is 3.04. The van der Waals surface area contributed by atoms with Gasteiger partial charge in [-0.15, -0.1) is 0 Å². The molecule has 0 N–H and O–H groups in total. The fourth-order valence-electron chi connectivity index (χ4n) is 2.92. The molecule has 0 spiro atoms. The quantitative estimate of drug-likeness (QED) is 0.376. The number of nitrogens with zero attached hydrogens (tertiary/aromatic N) is 1. The van der Waals surface area contributed by atoms with E-state index in [2.05, 4.69) is 4.98 Å². The third-order valence-corrected chi connectivity index (χ3v) is 4.38. The van der Waals surface area contributed by atoms with Crippen LogP contribution in [0.1, 0.15) is 21.5 Å². The first-order chi connectivity index (χ1) is 14.1. The molecular weight excluding hydrogens is 370 g/mol. The van der Waals surface area contributed by atoms with Gasteiger partial charge in [-0.1, -0.05) is 12.1 Å². The number of rotatable bonds is 5. The molecule has 0 saturated heterocycles. The number of carbonyl (C=O) groups is 2. The van der Waals surface area contributed by atoms with Gasteiger partial charge in [0.2, 0.25) is 5.78 Å². The predicted octanol–water partition coefficient (Wildman–Crippen LogP) is 3.85. The topological polar surface area (TPSA) is 74.7 Å². The Hall–Kier alpha value is -3.93.